The quantitative estimate of drug-likeness (QED) is 0.768. The number of carbonyl (C=O) groups excluding carboxylic acids is 1. The molecule has 6 nitrogen and oxygen atoms in total. The lowest BCUT2D eigenvalue weighted by atomic mass is 10.1. The van der Waals surface area contributed by atoms with Gasteiger partial charge in [-0.2, -0.15) is 0 Å². The highest BCUT2D eigenvalue weighted by molar-refractivity contribution is 7.91. The molecule has 0 atom stereocenters. The molecule has 0 saturated carbocycles. The fourth-order valence-electron chi connectivity index (χ4n) is 2.66. The van der Waals surface area contributed by atoms with Crippen LogP contribution in [0.5, 0.6) is 0 Å². The van der Waals surface area contributed by atoms with Crippen LogP contribution in [0.2, 0.25) is 0 Å². The maximum atomic E-state index is 12.2. The van der Waals surface area contributed by atoms with E-state index in [1.165, 1.54) is 0 Å². The van der Waals surface area contributed by atoms with Crippen LogP contribution in [0.3, 0.4) is 0 Å². The van der Waals surface area contributed by atoms with Crippen LogP contribution < -0.4 is 5.32 Å². The van der Waals surface area contributed by atoms with Crippen LogP contribution in [0.15, 0.2) is 0 Å². The van der Waals surface area contributed by atoms with Gasteiger partial charge >= 0.3 is 6.03 Å². The molecule has 19 heavy (non-hydrogen) atoms. The Balaban J connectivity index is 1.87. The molecule has 2 heterocycles. The summed E-state index contributed by atoms with van der Waals surface area (Å²) in [7, 11) is -3.00. The van der Waals surface area contributed by atoms with Gasteiger partial charge in [0.05, 0.1) is 5.75 Å². The normalized spacial score (nSPS) is 22.3. The zero-order valence-corrected chi connectivity index (χ0v) is 12.3. The van der Waals surface area contributed by atoms with Gasteiger partial charge in [-0.15, -0.1) is 0 Å². The molecule has 110 valence electrons. The van der Waals surface area contributed by atoms with Gasteiger partial charge in [-0.3, -0.25) is 0 Å². The number of sulfone groups is 1. The summed E-state index contributed by atoms with van der Waals surface area (Å²) in [5, 5.41) is 3.29. The zero-order valence-electron chi connectivity index (χ0n) is 11.5. The molecule has 7 heteroatoms. The second-order valence-electron chi connectivity index (χ2n) is 5.18. The smallest absolute Gasteiger partial charge is 0.320 e. The number of hydrogen-bond acceptors (Lipinski definition) is 4. The minimum atomic E-state index is -3.00. The van der Waals surface area contributed by atoms with E-state index in [1.807, 2.05) is 4.90 Å². The summed E-state index contributed by atoms with van der Waals surface area (Å²) in [5.74, 6) is 0.225. The van der Waals surface area contributed by atoms with Crippen LogP contribution in [-0.2, 0) is 9.84 Å². The van der Waals surface area contributed by atoms with Gasteiger partial charge in [0, 0.05) is 31.4 Å². The van der Waals surface area contributed by atoms with E-state index in [-0.39, 0.29) is 17.5 Å². The minimum Gasteiger partial charge on any atom is -0.322 e. The Morgan fingerprint density at radius 1 is 1.26 bits per heavy atom. The molecule has 0 aromatic rings. The number of hydrogen-bond donors (Lipinski definition) is 1. The fraction of sp³-hybridized carbons (Fsp3) is 0.917. The van der Waals surface area contributed by atoms with Gasteiger partial charge in [0.15, 0.2) is 9.84 Å². The Kier molecular flexibility index (Phi) is 4.67. The topological polar surface area (TPSA) is 69.7 Å². The number of carbonyl (C=O) groups is 1. The van der Waals surface area contributed by atoms with Gasteiger partial charge < -0.3 is 15.1 Å². The number of nitrogens with one attached hydrogen (secondary N) is 1. The lowest BCUT2D eigenvalue weighted by Crippen LogP contribution is -2.45. The van der Waals surface area contributed by atoms with E-state index in [1.54, 1.807) is 11.8 Å². The molecule has 0 aromatic carbocycles. The molecule has 1 N–H and O–H groups in total. The molecule has 0 aliphatic carbocycles. The number of piperidine rings is 1. The fourth-order valence-corrected chi connectivity index (χ4v) is 3.45. The first-order valence-corrected chi connectivity index (χ1v) is 8.82. The zero-order chi connectivity index (χ0) is 13.9. The molecule has 2 saturated heterocycles. The third kappa shape index (κ3) is 3.60. The molecule has 2 fully saturated rings. The molecular formula is C12H23N3O3S. The van der Waals surface area contributed by atoms with Crippen molar-refractivity contribution in [2.75, 3.05) is 44.2 Å². The molecule has 2 rings (SSSR count). The van der Waals surface area contributed by atoms with Crippen LogP contribution in [0.4, 0.5) is 4.79 Å². The first kappa shape index (κ1) is 14.6. The minimum absolute atomic E-state index is 0.0122. The Hall–Kier alpha value is -0.820. The van der Waals surface area contributed by atoms with Crippen molar-refractivity contribution in [3.63, 3.8) is 0 Å². The van der Waals surface area contributed by atoms with Crippen molar-refractivity contribution >= 4 is 15.9 Å². The third-order valence-corrected chi connectivity index (χ3v) is 5.67. The van der Waals surface area contributed by atoms with Gasteiger partial charge in [0.25, 0.3) is 0 Å². The highest BCUT2D eigenvalue weighted by atomic mass is 32.2. The van der Waals surface area contributed by atoms with Gasteiger partial charge in [-0.25, -0.2) is 13.2 Å². The van der Waals surface area contributed by atoms with Crippen LogP contribution in [0.25, 0.3) is 0 Å². The summed E-state index contributed by atoms with van der Waals surface area (Å²) in [6.07, 6.45) is 1.99. The maximum Gasteiger partial charge on any atom is 0.320 e. The second-order valence-corrected chi connectivity index (χ2v) is 7.65. The Morgan fingerprint density at radius 2 is 1.95 bits per heavy atom. The van der Waals surface area contributed by atoms with Crippen LogP contribution in [0, 0.1) is 0 Å². The molecule has 2 aliphatic rings. The first-order chi connectivity index (χ1) is 9.03. The van der Waals surface area contributed by atoms with Crippen molar-refractivity contribution in [2.45, 2.75) is 25.8 Å². The van der Waals surface area contributed by atoms with E-state index in [9.17, 15) is 13.2 Å². The predicted molar refractivity (Wildman–Crippen MR) is 73.9 cm³/mol. The third-order valence-electron chi connectivity index (χ3n) is 3.99. The van der Waals surface area contributed by atoms with Gasteiger partial charge in [0.1, 0.15) is 0 Å². The summed E-state index contributed by atoms with van der Waals surface area (Å²) in [4.78, 5) is 15.8. The predicted octanol–water partition coefficient (Wildman–Crippen LogP) is -0.0893. The number of amides is 2. The van der Waals surface area contributed by atoms with Crippen molar-refractivity contribution in [1.29, 1.82) is 0 Å². The van der Waals surface area contributed by atoms with E-state index in [4.69, 9.17) is 0 Å². The standard InChI is InChI=1S/C12H23N3O3S/c1-2-19(17,18)10-9-14-7-8-15(12(14)16)11-3-5-13-6-4-11/h11,13H,2-10H2,1H3. The van der Waals surface area contributed by atoms with Crippen molar-refractivity contribution in [2.24, 2.45) is 0 Å². The summed E-state index contributed by atoms with van der Waals surface area (Å²) in [6, 6.07) is 0.333. The first-order valence-electron chi connectivity index (χ1n) is 7.00. The Morgan fingerprint density at radius 3 is 2.58 bits per heavy atom. The molecule has 2 aliphatic heterocycles. The number of nitrogens with zero attached hydrogens (tertiary/aromatic N) is 2. The summed E-state index contributed by atoms with van der Waals surface area (Å²) < 4.78 is 23.0. The lowest BCUT2D eigenvalue weighted by molar-refractivity contribution is 0.167. The summed E-state index contributed by atoms with van der Waals surface area (Å²) >= 11 is 0. The van der Waals surface area contributed by atoms with E-state index in [0.29, 0.717) is 19.1 Å². The summed E-state index contributed by atoms with van der Waals surface area (Å²) in [5.41, 5.74) is 0. The van der Waals surface area contributed by atoms with E-state index in [0.717, 1.165) is 32.5 Å². The Labute approximate surface area is 115 Å². The molecule has 0 bridgehead atoms. The average molecular weight is 289 g/mol. The average Bonchev–Trinajstić information content (AvgIpc) is 2.79. The summed E-state index contributed by atoms with van der Waals surface area (Å²) in [6.45, 7) is 5.27. The van der Waals surface area contributed by atoms with E-state index in [2.05, 4.69) is 5.32 Å². The second kappa shape index (κ2) is 6.09. The van der Waals surface area contributed by atoms with Crippen LogP contribution in [-0.4, -0.2) is 74.5 Å². The highest BCUT2D eigenvalue weighted by Gasteiger charge is 2.34. The van der Waals surface area contributed by atoms with Crippen LogP contribution >= 0.6 is 0 Å². The highest BCUT2D eigenvalue weighted by Crippen LogP contribution is 2.18. The molecule has 2 amide bonds. The largest absolute Gasteiger partial charge is 0.322 e. The van der Waals surface area contributed by atoms with Crippen LogP contribution in [0.1, 0.15) is 19.8 Å². The van der Waals surface area contributed by atoms with Gasteiger partial charge in [-0.05, 0) is 25.9 Å². The SMILES string of the molecule is CCS(=O)(=O)CCN1CCN(C2CCNCC2)C1=O. The monoisotopic (exact) mass is 289 g/mol. The van der Waals surface area contributed by atoms with E-state index < -0.39 is 9.84 Å². The molecular weight excluding hydrogens is 266 g/mol. The van der Waals surface area contributed by atoms with Gasteiger partial charge in [0.2, 0.25) is 0 Å². The lowest BCUT2D eigenvalue weighted by Gasteiger charge is -2.31. The maximum absolute atomic E-state index is 12.2. The van der Waals surface area contributed by atoms with Gasteiger partial charge in [-0.1, -0.05) is 6.92 Å². The molecule has 0 spiro atoms. The van der Waals surface area contributed by atoms with Crippen molar-refractivity contribution in [3.8, 4) is 0 Å². The number of rotatable bonds is 5. The van der Waals surface area contributed by atoms with E-state index >= 15 is 0 Å². The molecule has 0 radical (unpaired) electrons. The van der Waals surface area contributed by atoms with Crippen molar-refractivity contribution in [3.05, 3.63) is 0 Å². The molecule has 0 aromatic heterocycles. The number of urea groups is 1. The Bertz CT molecular complexity index is 418. The van der Waals surface area contributed by atoms with Crippen molar-refractivity contribution < 1.29 is 13.2 Å². The molecule has 0 unspecified atom stereocenters. The van der Waals surface area contributed by atoms with Crippen molar-refractivity contribution in [1.82, 2.24) is 15.1 Å².